The summed E-state index contributed by atoms with van der Waals surface area (Å²) >= 11 is 3.84. The molecule has 2 aliphatic rings. The van der Waals surface area contributed by atoms with E-state index < -0.39 is 0 Å². The van der Waals surface area contributed by atoms with E-state index in [0.29, 0.717) is 0 Å². The Morgan fingerprint density at radius 3 is 2.81 bits per heavy atom. The van der Waals surface area contributed by atoms with Crippen LogP contribution in [0.25, 0.3) is 5.57 Å². The van der Waals surface area contributed by atoms with Crippen molar-refractivity contribution in [2.45, 2.75) is 45.4 Å². The van der Waals surface area contributed by atoms with Crippen molar-refractivity contribution in [3.8, 4) is 0 Å². The topological polar surface area (TPSA) is 0 Å². The molecular weight excluding hydrogens is 260 g/mol. The summed E-state index contributed by atoms with van der Waals surface area (Å²) in [6.07, 6.45) is 9.97. The summed E-state index contributed by atoms with van der Waals surface area (Å²) in [6.45, 7) is 2.26. The van der Waals surface area contributed by atoms with Gasteiger partial charge in [0.05, 0.1) is 0 Å². The van der Waals surface area contributed by atoms with Gasteiger partial charge in [0.15, 0.2) is 0 Å². The molecule has 0 atom stereocenters. The maximum absolute atomic E-state index is 3.84. The summed E-state index contributed by atoms with van der Waals surface area (Å²) in [7, 11) is 0. The van der Waals surface area contributed by atoms with Crippen LogP contribution in [-0.4, -0.2) is 0 Å². The fourth-order valence-corrected chi connectivity index (χ4v) is 3.88. The van der Waals surface area contributed by atoms with Crippen LogP contribution in [0.3, 0.4) is 0 Å². The van der Waals surface area contributed by atoms with Gasteiger partial charge in [-0.3, -0.25) is 0 Å². The number of halogens is 1. The quantitative estimate of drug-likeness (QED) is 0.699. The van der Waals surface area contributed by atoms with Gasteiger partial charge in [0.25, 0.3) is 0 Å². The minimum Gasteiger partial charge on any atom is -0.0763 e. The second kappa shape index (κ2) is 4.03. The molecular formula is C15H17Br. The molecule has 16 heavy (non-hydrogen) atoms. The molecule has 84 valence electrons. The van der Waals surface area contributed by atoms with E-state index in [1.165, 1.54) is 41.3 Å². The van der Waals surface area contributed by atoms with Crippen LogP contribution in [-0.2, 0) is 19.3 Å². The fraction of sp³-hybridized carbons (Fsp3) is 0.467. The van der Waals surface area contributed by atoms with Crippen molar-refractivity contribution >= 4 is 21.5 Å². The summed E-state index contributed by atoms with van der Waals surface area (Å²) in [4.78, 5) is 0. The van der Waals surface area contributed by atoms with Crippen molar-refractivity contribution in [1.29, 1.82) is 0 Å². The lowest BCUT2D eigenvalue weighted by Gasteiger charge is -2.20. The van der Waals surface area contributed by atoms with Crippen molar-refractivity contribution < 1.29 is 0 Å². The molecule has 0 saturated heterocycles. The third-order valence-corrected chi connectivity index (χ3v) is 4.92. The Kier molecular flexibility index (Phi) is 2.67. The van der Waals surface area contributed by atoms with Crippen LogP contribution >= 0.6 is 15.9 Å². The van der Waals surface area contributed by atoms with Gasteiger partial charge in [0, 0.05) is 4.47 Å². The molecule has 0 N–H and O–H groups in total. The molecule has 0 fully saturated rings. The Hall–Kier alpha value is -0.560. The lowest BCUT2D eigenvalue weighted by atomic mass is 9.87. The highest BCUT2D eigenvalue weighted by atomic mass is 79.9. The molecule has 3 rings (SSSR count). The van der Waals surface area contributed by atoms with E-state index in [9.17, 15) is 0 Å². The fourth-order valence-electron chi connectivity index (χ4n) is 3.06. The first-order valence-electron chi connectivity index (χ1n) is 6.33. The van der Waals surface area contributed by atoms with Gasteiger partial charge in [-0.1, -0.05) is 35.0 Å². The summed E-state index contributed by atoms with van der Waals surface area (Å²) in [5.74, 6) is 0. The van der Waals surface area contributed by atoms with Crippen molar-refractivity contribution in [3.05, 3.63) is 38.9 Å². The van der Waals surface area contributed by atoms with Crippen LogP contribution in [0.15, 0.2) is 16.6 Å². The number of aryl methyl sites for hydroxylation is 1. The average Bonchev–Trinajstić information content (AvgIpc) is 2.72. The van der Waals surface area contributed by atoms with Crippen LogP contribution < -0.4 is 0 Å². The first-order valence-corrected chi connectivity index (χ1v) is 7.13. The Morgan fingerprint density at radius 1 is 1.19 bits per heavy atom. The Balaban J connectivity index is 2.17. The van der Waals surface area contributed by atoms with Gasteiger partial charge in [0.2, 0.25) is 0 Å². The molecule has 0 aromatic heterocycles. The summed E-state index contributed by atoms with van der Waals surface area (Å²) in [5, 5.41) is 0. The first-order chi connectivity index (χ1) is 7.81. The highest BCUT2D eigenvalue weighted by molar-refractivity contribution is 9.10. The van der Waals surface area contributed by atoms with E-state index in [-0.39, 0.29) is 0 Å². The van der Waals surface area contributed by atoms with Gasteiger partial charge < -0.3 is 0 Å². The molecule has 1 heteroatoms. The van der Waals surface area contributed by atoms with Gasteiger partial charge in [0.1, 0.15) is 0 Å². The molecule has 0 bridgehead atoms. The van der Waals surface area contributed by atoms with E-state index in [1.807, 2.05) is 0 Å². The molecule has 0 nitrogen and oxygen atoms in total. The molecule has 0 saturated carbocycles. The molecule has 2 aliphatic carbocycles. The van der Waals surface area contributed by atoms with Crippen molar-refractivity contribution in [2.24, 2.45) is 0 Å². The first kappa shape index (κ1) is 10.6. The zero-order chi connectivity index (χ0) is 11.1. The maximum Gasteiger partial charge on any atom is 0.0251 e. The molecule has 0 amide bonds. The average molecular weight is 277 g/mol. The monoisotopic (exact) mass is 276 g/mol. The smallest absolute Gasteiger partial charge is 0.0251 e. The summed E-state index contributed by atoms with van der Waals surface area (Å²) < 4.78 is 1.42. The number of rotatable bonds is 1. The number of benzene rings is 1. The molecule has 0 spiro atoms. The second-order valence-corrected chi connectivity index (χ2v) is 5.64. The van der Waals surface area contributed by atoms with Crippen LogP contribution in [0, 0.1) is 0 Å². The maximum atomic E-state index is 3.84. The van der Waals surface area contributed by atoms with Crippen LogP contribution in [0.2, 0.25) is 0 Å². The van der Waals surface area contributed by atoms with E-state index in [4.69, 9.17) is 0 Å². The Bertz CT molecular complexity index is 469. The van der Waals surface area contributed by atoms with Crippen LogP contribution in [0.4, 0.5) is 0 Å². The van der Waals surface area contributed by atoms with Crippen LogP contribution in [0.5, 0.6) is 0 Å². The highest BCUT2D eigenvalue weighted by Gasteiger charge is 2.22. The molecule has 0 radical (unpaired) electrons. The lowest BCUT2D eigenvalue weighted by molar-refractivity contribution is 0.682. The summed E-state index contributed by atoms with van der Waals surface area (Å²) in [5.41, 5.74) is 7.80. The van der Waals surface area contributed by atoms with Crippen molar-refractivity contribution in [1.82, 2.24) is 0 Å². The minimum absolute atomic E-state index is 1.13. The molecule has 0 aliphatic heterocycles. The number of hydrogen-bond acceptors (Lipinski definition) is 0. The zero-order valence-corrected chi connectivity index (χ0v) is 11.4. The van der Waals surface area contributed by atoms with Gasteiger partial charge in [-0.25, -0.2) is 0 Å². The van der Waals surface area contributed by atoms with Gasteiger partial charge in [-0.15, -0.1) is 0 Å². The Labute approximate surface area is 106 Å². The predicted octanol–water partition coefficient (Wildman–Crippen LogP) is 4.68. The van der Waals surface area contributed by atoms with Crippen molar-refractivity contribution in [2.75, 3.05) is 0 Å². The molecule has 1 aromatic rings. The molecule has 0 heterocycles. The van der Waals surface area contributed by atoms with E-state index in [0.717, 1.165) is 12.8 Å². The van der Waals surface area contributed by atoms with Gasteiger partial charge in [-0.2, -0.15) is 0 Å². The molecule has 1 aromatic carbocycles. The predicted molar refractivity (Wildman–Crippen MR) is 72.8 cm³/mol. The largest absolute Gasteiger partial charge is 0.0763 e. The number of allylic oxidation sites excluding steroid dienone is 2. The standard InChI is InChI=1S/C15H17Br/c1-2-10-7-8-13-14(10)9-11-5-3-4-6-12(11)15(13)16/h7,9H,2-6,8H2,1H3. The third kappa shape index (κ3) is 1.48. The zero-order valence-electron chi connectivity index (χ0n) is 9.78. The van der Waals surface area contributed by atoms with Crippen LogP contribution in [0.1, 0.15) is 48.4 Å². The molecule has 0 unspecified atom stereocenters. The normalized spacial score (nSPS) is 18.0. The number of fused-ring (bicyclic) bond motifs is 2. The summed E-state index contributed by atoms with van der Waals surface area (Å²) in [6, 6.07) is 2.47. The lowest BCUT2D eigenvalue weighted by Crippen LogP contribution is -2.06. The van der Waals surface area contributed by atoms with E-state index >= 15 is 0 Å². The SMILES string of the molecule is CCC1=CCc2c1cc1c(c2Br)CCCC1. The van der Waals surface area contributed by atoms with Gasteiger partial charge in [-0.05, 0) is 66.4 Å². The minimum atomic E-state index is 1.13. The second-order valence-electron chi connectivity index (χ2n) is 4.85. The third-order valence-electron chi connectivity index (χ3n) is 3.96. The van der Waals surface area contributed by atoms with Crippen molar-refractivity contribution in [3.63, 3.8) is 0 Å². The van der Waals surface area contributed by atoms with E-state index in [2.05, 4.69) is 35.0 Å². The Morgan fingerprint density at radius 2 is 2.00 bits per heavy atom. The van der Waals surface area contributed by atoms with Gasteiger partial charge >= 0.3 is 0 Å². The highest BCUT2D eigenvalue weighted by Crippen LogP contribution is 2.40. The number of hydrogen-bond donors (Lipinski definition) is 0. The van der Waals surface area contributed by atoms with E-state index in [1.54, 1.807) is 16.7 Å².